The fraction of sp³-hybridized carbons (Fsp3) is 0.438. The third-order valence-electron chi connectivity index (χ3n) is 8.11. The van der Waals surface area contributed by atoms with Crippen molar-refractivity contribution in [3.8, 4) is 17.2 Å². The fourth-order valence-corrected chi connectivity index (χ4v) is 5.53. The number of halogens is 4. The summed E-state index contributed by atoms with van der Waals surface area (Å²) >= 11 is 0. The number of hydrogen-bond donors (Lipinski definition) is 2. The van der Waals surface area contributed by atoms with Crippen LogP contribution >= 0.6 is 0 Å². The maximum atomic E-state index is 15.9. The molecule has 0 bridgehead atoms. The van der Waals surface area contributed by atoms with Crippen LogP contribution in [0.15, 0.2) is 41.5 Å². The highest BCUT2D eigenvalue weighted by molar-refractivity contribution is 5.80. The van der Waals surface area contributed by atoms with E-state index in [0.717, 1.165) is 0 Å². The molecule has 2 atom stereocenters. The molecule has 0 unspecified atom stereocenters. The van der Waals surface area contributed by atoms with Crippen LogP contribution in [0.25, 0.3) is 11.1 Å². The van der Waals surface area contributed by atoms with Gasteiger partial charge in [-0.05, 0) is 50.2 Å². The summed E-state index contributed by atoms with van der Waals surface area (Å²) in [7, 11) is 2.09. The number of carbonyl (C=O) groups is 1. The quantitative estimate of drug-likeness (QED) is 0.338. The maximum Gasteiger partial charge on any atom is 0.248 e. The molecule has 2 saturated heterocycles. The standard InChI is InChI=1S/C30H35F2N7O2.CH2F2.CH2O.2H2/c1-19-17-39(18-20(2)37(19)3)28-11-26(32)25(10-27(28)34-15-24-16-35-29(40)9-21(24)12-31)23-8-22(13-33)30(36-14-23)38-4-6-41-7-5-38;2-1-3;1-2;;/h8-11,14,16,19-20,34H,4-7,12,15,17-18H2,1-3H3,(H,35,40);1H2;1H2;2*1H/t19-,20+;;;;. The number of nitrogens with one attached hydrogen (secondary N) is 2. The molecule has 14 heteroatoms. The van der Waals surface area contributed by atoms with Crippen molar-refractivity contribution in [2.45, 2.75) is 39.2 Å². The first-order chi connectivity index (χ1) is 22.2. The lowest BCUT2D eigenvalue weighted by molar-refractivity contribution is -0.0980. The number of aromatic amines is 1. The number of H-pyrrole nitrogens is 1. The van der Waals surface area contributed by atoms with Gasteiger partial charge in [-0.3, -0.25) is 9.69 Å². The molecule has 2 fully saturated rings. The van der Waals surface area contributed by atoms with E-state index in [9.17, 15) is 23.2 Å². The molecule has 1 aromatic carbocycles. The minimum atomic E-state index is -1.75. The van der Waals surface area contributed by atoms with Gasteiger partial charge in [0.1, 0.15) is 31.2 Å². The van der Waals surface area contributed by atoms with Gasteiger partial charge in [0.25, 0.3) is 0 Å². The van der Waals surface area contributed by atoms with E-state index in [0.29, 0.717) is 84.4 Å². The molecule has 46 heavy (non-hydrogen) atoms. The molecular weight excluding hydrogens is 606 g/mol. The first kappa shape index (κ1) is 36.0. The Labute approximate surface area is 268 Å². The zero-order valence-electron chi connectivity index (χ0n) is 26.2. The van der Waals surface area contributed by atoms with E-state index in [1.165, 1.54) is 18.3 Å². The number of rotatable bonds is 7. The molecule has 2 N–H and O–H groups in total. The van der Waals surface area contributed by atoms with E-state index in [-0.39, 0.29) is 27.0 Å². The maximum absolute atomic E-state index is 15.9. The highest BCUT2D eigenvalue weighted by Gasteiger charge is 2.29. The molecule has 2 aliphatic rings. The van der Waals surface area contributed by atoms with Crippen LogP contribution in [0.1, 0.15) is 33.4 Å². The Balaban J connectivity index is 0.00000156. The Morgan fingerprint density at radius 2 is 1.74 bits per heavy atom. The van der Waals surface area contributed by atoms with Gasteiger partial charge in [0.05, 0.1) is 30.2 Å². The topological polar surface area (TPSA) is 118 Å². The number of likely N-dealkylation sites (N-methyl/N-ethyl adjacent to an activating group) is 1. The second kappa shape index (κ2) is 17.3. The van der Waals surface area contributed by atoms with E-state index in [2.05, 4.69) is 52.0 Å². The minimum Gasteiger partial charge on any atom is -0.379 e. The van der Waals surface area contributed by atoms with Crippen molar-refractivity contribution in [3.63, 3.8) is 0 Å². The van der Waals surface area contributed by atoms with Gasteiger partial charge in [0.2, 0.25) is 12.5 Å². The van der Waals surface area contributed by atoms with Gasteiger partial charge in [0, 0.05) is 77.2 Å². The number of piperazine rings is 1. The first-order valence-corrected chi connectivity index (χ1v) is 14.6. The van der Waals surface area contributed by atoms with Crippen molar-refractivity contribution in [1.29, 1.82) is 5.26 Å². The average Bonchev–Trinajstić information content (AvgIpc) is 3.08. The molecule has 0 aliphatic carbocycles. The number of nitrogens with zero attached hydrogens (tertiary/aromatic N) is 5. The summed E-state index contributed by atoms with van der Waals surface area (Å²) in [4.78, 5) is 33.3. The first-order valence-electron chi connectivity index (χ1n) is 14.6. The number of hydrogen-bond acceptors (Lipinski definition) is 9. The van der Waals surface area contributed by atoms with Gasteiger partial charge in [-0.1, -0.05) is 0 Å². The van der Waals surface area contributed by atoms with Crippen LogP contribution in [0, 0.1) is 17.1 Å². The summed E-state index contributed by atoms with van der Waals surface area (Å²) < 4.78 is 54.2. The molecule has 2 aromatic heterocycles. The van der Waals surface area contributed by atoms with Crippen LogP contribution in [-0.4, -0.2) is 87.1 Å². The zero-order valence-corrected chi connectivity index (χ0v) is 26.2. The molecule has 10 nitrogen and oxygen atoms in total. The smallest absolute Gasteiger partial charge is 0.248 e. The molecule has 2 aliphatic heterocycles. The Morgan fingerprint density at radius 1 is 1.09 bits per heavy atom. The van der Waals surface area contributed by atoms with Crippen LogP contribution in [0.4, 0.5) is 34.8 Å². The SMILES string of the molecule is C=O.C[C@@H]1CN(c2cc(F)c(-c3cnc(N4CCOCC4)c(C#N)c3)cc2NCc2c[nH]c(=O)cc2CF)C[C@H](C)N1C.FCF.[HH].[HH]. The predicted molar refractivity (Wildman–Crippen MR) is 174 cm³/mol. The summed E-state index contributed by atoms with van der Waals surface area (Å²) in [6, 6.07) is 8.89. The van der Waals surface area contributed by atoms with Crippen LogP contribution in [-0.2, 0) is 22.8 Å². The van der Waals surface area contributed by atoms with Crippen molar-refractivity contribution in [3.05, 3.63) is 69.5 Å². The molecule has 0 saturated carbocycles. The third-order valence-corrected chi connectivity index (χ3v) is 8.11. The highest BCUT2D eigenvalue weighted by atomic mass is 19.3. The molecule has 0 radical (unpaired) electrons. The second-order valence-corrected chi connectivity index (χ2v) is 10.9. The normalized spacial score (nSPS) is 18.0. The molecule has 0 spiro atoms. The summed E-state index contributed by atoms with van der Waals surface area (Å²) in [5.41, 5.74) is 3.05. The van der Waals surface area contributed by atoms with E-state index in [4.69, 9.17) is 9.53 Å². The molecule has 252 valence electrons. The molecule has 3 aromatic rings. The number of nitriles is 1. The fourth-order valence-electron chi connectivity index (χ4n) is 5.53. The third kappa shape index (κ3) is 8.61. The van der Waals surface area contributed by atoms with Crippen molar-refractivity contribution < 1.29 is 29.9 Å². The second-order valence-electron chi connectivity index (χ2n) is 10.9. The Morgan fingerprint density at radius 3 is 2.35 bits per heavy atom. The molecule has 0 amide bonds. The largest absolute Gasteiger partial charge is 0.379 e. The number of carbonyl (C=O) groups excluding carboxylic acids is 1. The van der Waals surface area contributed by atoms with Crippen molar-refractivity contribution >= 4 is 24.0 Å². The minimum absolute atomic E-state index is 0. The average molecular weight is 650 g/mol. The van der Waals surface area contributed by atoms with Gasteiger partial charge in [-0.25, -0.2) is 22.5 Å². The summed E-state index contributed by atoms with van der Waals surface area (Å²) in [5, 5.41) is 13.3. The van der Waals surface area contributed by atoms with E-state index in [1.54, 1.807) is 18.3 Å². The lowest BCUT2D eigenvalue weighted by Gasteiger charge is -2.44. The van der Waals surface area contributed by atoms with E-state index < -0.39 is 19.4 Å². The monoisotopic (exact) mass is 649 g/mol. The zero-order chi connectivity index (χ0) is 33.8. The van der Waals surface area contributed by atoms with Gasteiger partial charge in [-0.2, -0.15) is 5.26 Å². The Hall–Kier alpha value is -4.48. The number of ether oxygens (including phenoxy) is 1. The Bertz CT molecular complexity index is 1550. The highest BCUT2D eigenvalue weighted by Crippen LogP contribution is 2.37. The van der Waals surface area contributed by atoms with Gasteiger partial charge in [-0.15, -0.1) is 0 Å². The van der Waals surface area contributed by atoms with Gasteiger partial charge >= 0.3 is 0 Å². The van der Waals surface area contributed by atoms with E-state index in [1.807, 2.05) is 11.7 Å². The van der Waals surface area contributed by atoms with Crippen LogP contribution in [0.2, 0.25) is 0 Å². The number of morpholine rings is 1. The number of pyridine rings is 2. The molecular formula is C32H43F4N7O3. The Kier molecular flexibility index (Phi) is 13.5. The summed E-state index contributed by atoms with van der Waals surface area (Å²) in [6.07, 6.45) is 3.10. The summed E-state index contributed by atoms with van der Waals surface area (Å²) in [6.45, 7) is 7.77. The van der Waals surface area contributed by atoms with Gasteiger partial charge < -0.3 is 29.6 Å². The number of aromatic nitrogens is 2. The van der Waals surface area contributed by atoms with Crippen molar-refractivity contribution in [1.82, 2.24) is 14.9 Å². The predicted octanol–water partition coefficient (Wildman–Crippen LogP) is 5.08. The summed E-state index contributed by atoms with van der Waals surface area (Å²) in [5.74, 6) is 0.134. The van der Waals surface area contributed by atoms with Crippen LogP contribution < -0.4 is 20.7 Å². The number of alkyl halides is 3. The van der Waals surface area contributed by atoms with Crippen molar-refractivity contribution in [2.75, 3.05) is 68.5 Å². The molecule has 5 rings (SSSR count). The van der Waals surface area contributed by atoms with Crippen LogP contribution in [0.3, 0.4) is 0 Å². The number of anilines is 3. The lowest BCUT2D eigenvalue weighted by atomic mass is 10.0. The number of benzene rings is 1. The van der Waals surface area contributed by atoms with Crippen molar-refractivity contribution in [2.24, 2.45) is 0 Å². The lowest BCUT2D eigenvalue weighted by Crippen LogP contribution is -2.55. The van der Waals surface area contributed by atoms with Crippen LogP contribution in [0.5, 0.6) is 0 Å². The van der Waals surface area contributed by atoms with E-state index >= 15 is 4.39 Å². The van der Waals surface area contributed by atoms with Gasteiger partial charge in [0.15, 0.2) is 0 Å². The molecule has 4 heterocycles.